The summed E-state index contributed by atoms with van der Waals surface area (Å²) in [6, 6.07) is 13.7. The molecule has 2 aromatic carbocycles. The molecule has 2 heterocycles. The Morgan fingerprint density at radius 1 is 0.958 bits per heavy atom. The molecule has 2 aliphatic heterocycles. The zero-order chi connectivity index (χ0) is 16.4. The maximum absolute atomic E-state index is 6.32. The molecule has 2 aromatic rings. The van der Waals surface area contributed by atoms with E-state index in [1.807, 2.05) is 42.5 Å². The fourth-order valence-electron chi connectivity index (χ4n) is 3.53. The zero-order valence-corrected chi connectivity index (χ0v) is 14.5. The fraction of sp³-hybridized carbons (Fsp3) is 0.400. The van der Waals surface area contributed by atoms with Crippen molar-refractivity contribution in [2.45, 2.75) is 31.8 Å². The number of hydrogen-bond donors (Lipinski definition) is 0. The lowest BCUT2D eigenvalue weighted by Crippen LogP contribution is -2.31. The lowest BCUT2D eigenvalue weighted by molar-refractivity contribution is 0.154. The minimum atomic E-state index is -0.0113. The molecule has 0 amide bonds. The molecule has 2 aliphatic rings. The Hall–Kier alpha value is -1.71. The van der Waals surface area contributed by atoms with E-state index in [0.29, 0.717) is 5.02 Å². The predicted octanol–water partition coefficient (Wildman–Crippen LogP) is 5.44. The van der Waals surface area contributed by atoms with E-state index in [1.54, 1.807) is 0 Å². The lowest BCUT2D eigenvalue weighted by atomic mass is 10.0. The van der Waals surface area contributed by atoms with Crippen molar-refractivity contribution < 1.29 is 9.47 Å². The molecule has 0 radical (unpaired) electrons. The fourth-order valence-corrected chi connectivity index (χ4v) is 3.69. The van der Waals surface area contributed by atoms with Crippen molar-refractivity contribution in [1.82, 2.24) is 4.90 Å². The van der Waals surface area contributed by atoms with Crippen LogP contribution in [0.3, 0.4) is 0 Å². The number of likely N-dealkylation sites (tertiary alicyclic amines) is 1. The van der Waals surface area contributed by atoms with Gasteiger partial charge in [0.25, 0.3) is 0 Å². The van der Waals surface area contributed by atoms with Gasteiger partial charge in [-0.3, -0.25) is 0 Å². The standard InChI is InChI=1S/C20H22ClNO2/c21-15-8-9-16-17(10-13-22-11-4-1-5-12-22)23-18-6-2-3-7-19(18)24-20(16)14-15/h2-3,6-9,14,17H,1,4-5,10-13H2. The second kappa shape index (κ2) is 7.04. The van der Waals surface area contributed by atoms with Gasteiger partial charge in [0, 0.05) is 23.6 Å². The lowest BCUT2D eigenvalue weighted by Gasteiger charge is -2.28. The molecule has 0 saturated carbocycles. The summed E-state index contributed by atoms with van der Waals surface area (Å²) in [4.78, 5) is 2.54. The Bertz CT molecular complexity index is 713. The van der Waals surface area contributed by atoms with Gasteiger partial charge in [0.2, 0.25) is 0 Å². The van der Waals surface area contributed by atoms with Crippen molar-refractivity contribution in [2.75, 3.05) is 19.6 Å². The number of halogens is 1. The minimum Gasteiger partial charge on any atom is -0.482 e. The van der Waals surface area contributed by atoms with Crippen molar-refractivity contribution in [2.24, 2.45) is 0 Å². The molecule has 4 rings (SSSR count). The number of piperidine rings is 1. The Morgan fingerprint density at radius 3 is 2.58 bits per heavy atom. The van der Waals surface area contributed by atoms with Gasteiger partial charge in [-0.2, -0.15) is 0 Å². The topological polar surface area (TPSA) is 21.7 Å². The molecule has 0 bridgehead atoms. The van der Waals surface area contributed by atoms with Crippen molar-refractivity contribution in [3.8, 4) is 17.2 Å². The minimum absolute atomic E-state index is 0.0113. The van der Waals surface area contributed by atoms with Crippen molar-refractivity contribution in [1.29, 1.82) is 0 Å². The maximum Gasteiger partial charge on any atom is 0.169 e. The first-order valence-electron chi connectivity index (χ1n) is 8.75. The molecular formula is C20H22ClNO2. The summed E-state index contributed by atoms with van der Waals surface area (Å²) < 4.78 is 12.4. The first-order chi connectivity index (χ1) is 11.8. The summed E-state index contributed by atoms with van der Waals surface area (Å²) in [6.45, 7) is 3.45. The predicted molar refractivity (Wildman–Crippen MR) is 96.2 cm³/mol. The number of rotatable bonds is 3. The third kappa shape index (κ3) is 3.38. The molecule has 1 unspecified atom stereocenters. The normalized spacial score (nSPS) is 20.3. The molecule has 0 spiro atoms. The van der Waals surface area contributed by atoms with Crippen molar-refractivity contribution >= 4 is 11.6 Å². The van der Waals surface area contributed by atoms with Gasteiger partial charge in [-0.05, 0) is 50.2 Å². The van der Waals surface area contributed by atoms with Crippen LogP contribution >= 0.6 is 11.6 Å². The van der Waals surface area contributed by atoms with Crippen LogP contribution in [0.4, 0.5) is 0 Å². The Balaban J connectivity index is 1.60. The van der Waals surface area contributed by atoms with Gasteiger partial charge in [0.05, 0.1) is 0 Å². The molecule has 0 aromatic heterocycles. The highest BCUT2D eigenvalue weighted by atomic mass is 35.5. The summed E-state index contributed by atoms with van der Waals surface area (Å²) in [6.07, 6.45) is 4.92. The summed E-state index contributed by atoms with van der Waals surface area (Å²) >= 11 is 6.17. The van der Waals surface area contributed by atoms with Gasteiger partial charge >= 0.3 is 0 Å². The first kappa shape index (κ1) is 15.8. The van der Waals surface area contributed by atoms with E-state index < -0.39 is 0 Å². The van der Waals surface area contributed by atoms with E-state index in [2.05, 4.69) is 4.90 Å². The highest BCUT2D eigenvalue weighted by molar-refractivity contribution is 6.30. The molecular weight excluding hydrogens is 322 g/mol. The first-order valence-corrected chi connectivity index (χ1v) is 9.13. The number of hydrogen-bond acceptors (Lipinski definition) is 3. The van der Waals surface area contributed by atoms with Crippen LogP contribution in [0, 0.1) is 0 Å². The number of para-hydroxylation sites is 2. The van der Waals surface area contributed by atoms with Gasteiger partial charge in [-0.15, -0.1) is 0 Å². The van der Waals surface area contributed by atoms with Gasteiger partial charge in [0.1, 0.15) is 11.9 Å². The van der Waals surface area contributed by atoms with Gasteiger partial charge in [0.15, 0.2) is 11.5 Å². The summed E-state index contributed by atoms with van der Waals surface area (Å²) in [5, 5.41) is 0.683. The summed E-state index contributed by atoms with van der Waals surface area (Å²) in [7, 11) is 0. The van der Waals surface area contributed by atoms with Crippen LogP contribution in [0.2, 0.25) is 5.02 Å². The van der Waals surface area contributed by atoms with Crippen LogP contribution in [0.15, 0.2) is 42.5 Å². The van der Waals surface area contributed by atoms with Crippen LogP contribution in [-0.2, 0) is 0 Å². The van der Waals surface area contributed by atoms with E-state index >= 15 is 0 Å². The Kier molecular flexibility index (Phi) is 4.63. The second-order valence-electron chi connectivity index (χ2n) is 6.53. The molecule has 4 heteroatoms. The third-order valence-corrected chi connectivity index (χ3v) is 5.05. The SMILES string of the molecule is Clc1ccc2c(c1)Oc1ccccc1OC2CCN1CCCCC1. The zero-order valence-electron chi connectivity index (χ0n) is 13.7. The Morgan fingerprint density at radius 2 is 1.75 bits per heavy atom. The molecule has 126 valence electrons. The van der Waals surface area contributed by atoms with Gasteiger partial charge < -0.3 is 14.4 Å². The van der Waals surface area contributed by atoms with Gasteiger partial charge in [-0.1, -0.05) is 36.2 Å². The molecule has 0 aliphatic carbocycles. The number of fused-ring (bicyclic) bond motifs is 2. The van der Waals surface area contributed by atoms with Crippen LogP contribution in [0.5, 0.6) is 17.2 Å². The van der Waals surface area contributed by atoms with E-state index in [9.17, 15) is 0 Å². The molecule has 0 N–H and O–H groups in total. The molecule has 1 fully saturated rings. The largest absolute Gasteiger partial charge is 0.482 e. The number of nitrogens with zero attached hydrogens (tertiary/aromatic N) is 1. The van der Waals surface area contributed by atoms with E-state index in [1.165, 1.54) is 32.4 Å². The summed E-state index contributed by atoms with van der Waals surface area (Å²) in [5.74, 6) is 2.35. The molecule has 1 atom stereocenters. The van der Waals surface area contributed by atoms with E-state index in [-0.39, 0.29) is 6.10 Å². The van der Waals surface area contributed by atoms with Crippen LogP contribution < -0.4 is 9.47 Å². The molecule has 1 saturated heterocycles. The third-order valence-electron chi connectivity index (χ3n) is 4.82. The summed E-state index contributed by atoms with van der Waals surface area (Å²) in [5.41, 5.74) is 1.08. The highest BCUT2D eigenvalue weighted by Gasteiger charge is 2.25. The van der Waals surface area contributed by atoms with Crippen LogP contribution in [0.1, 0.15) is 37.4 Å². The van der Waals surface area contributed by atoms with E-state index in [0.717, 1.165) is 35.8 Å². The Labute approximate surface area is 148 Å². The maximum atomic E-state index is 6.32. The molecule has 24 heavy (non-hydrogen) atoms. The van der Waals surface area contributed by atoms with Crippen LogP contribution in [0.25, 0.3) is 0 Å². The van der Waals surface area contributed by atoms with Crippen molar-refractivity contribution in [3.05, 3.63) is 53.1 Å². The number of ether oxygens (including phenoxy) is 2. The average Bonchev–Trinajstić information content (AvgIpc) is 2.76. The number of benzene rings is 2. The highest BCUT2D eigenvalue weighted by Crippen LogP contribution is 2.43. The quantitative estimate of drug-likeness (QED) is 0.740. The monoisotopic (exact) mass is 343 g/mol. The smallest absolute Gasteiger partial charge is 0.169 e. The molecule has 3 nitrogen and oxygen atoms in total. The second-order valence-corrected chi connectivity index (χ2v) is 6.96. The van der Waals surface area contributed by atoms with Crippen LogP contribution in [-0.4, -0.2) is 24.5 Å². The van der Waals surface area contributed by atoms with E-state index in [4.69, 9.17) is 21.1 Å². The van der Waals surface area contributed by atoms with Crippen molar-refractivity contribution in [3.63, 3.8) is 0 Å². The van der Waals surface area contributed by atoms with Gasteiger partial charge in [-0.25, -0.2) is 0 Å². The average molecular weight is 344 g/mol.